The Morgan fingerprint density at radius 2 is 2.03 bits per heavy atom. The van der Waals surface area contributed by atoms with Crippen LogP contribution < -0.4 is 11.1 Å². The van der Waals surface area contributed by atoms with Crippen LogP contribution in [0.25, 0.3) is 11.2 Å². The lowest BCUT2D eigenvalue weighted by Crippen LogP contribution is -2.40. The van der Waals surface area contributed by atoms with Gasteiger partial charge in [0, 0.05) is 12.5 Å². The lowest BCUT2D eigenvalue weighted by atomic mass is 10.0. The van der Waals surface area contributed by atoms with Crippen LogP contribution in [0, 0.1) is 0 Å². The van der Waals surface area contributed by atoms with Gasteiger partial charge in [-0.15, -0.1) is 0 Å². The number of hydrogen-bond acceptors (Lipinski definition) is 9. The summed E-state index contributed by atoms with van der Waals surface area (Å²) in [7, 11) is 0. The van der Waals surface area contributed by atoms with E-state index in [4.69, 9.17) is 10.5 Å². The molecule has 4 rings (SSSR count). The molecule has 2 aliphatic rings. The highest BCUT2D eigenvalue weighted by atomic mass is 16.6. The zero-order valence-electron chi connectivity index (χ0n) is 15.9. The molecular formula is C18H26N6O5. The van der Waals surface area contributed by atoms with E-state index in [1.807, 2.05) is 0 Å². The molecule has 0 bridgehead atoms. The third kappa shape index (κ3) is 3.90. The summed E-state index contributed by atoms with van der Waals surface area (Å²) >= 11 is 0. The van der Waals surface area contributed by atoms with E-state index < -0.39 is 30.6 Å². The Kier molecular flexibility index (Phi) is 5.63. The Balaban J connectivity index is 1.39. The standard InChI is InChI=1S/C18H26N6O5/c19-16-12-17(21-7-20-16)24(8-22-12)18-14(28)13(27)15(29-18)10(25)5-6-11(26)23-9-3-1-2-4-9/h7-10,13-15,18,25,27-28H,1-6H2,(H,23,26)(H2,19,20,21)/t10?,13-,14+,15+,18+/m0/s1. The topological polar surface area (TPSA) is 169 Å². The molecule has 3 heterocycles. The molecule has 158 valence electrons. The monoisotopic (exact) mass is 406 g/mol. The fraction of sp³-hybridized carbons (Fsp3) is 0.667. The third-order valence-corrected chi connectivity index (χ3v) is 5.70. The van der Waals surface area contributed by atoms with Gasteiger partial charge in [0.15, 0.2) is 17.7 Å². The highest BCUT2D eigenvalue weighted by Crippen LogP contribution is 2.34. The Morgan fingerprint density at radius 3 is 2.79 bits per heavy atom. The molecule has 0 aromatic carbocycles. The summed E-state index contributed by atoms with van der Waals surface area (Å²) in [4.78, 5) is 24.2. The highest BCUT2D eigenvalue weighted by Gasteiger charge is 2.47. The normalized spacial score (nSPS) is 28.8. The number of carbonyl (C=O) groups is 1. The number of nitrogens with one attached hydrogen (secondary N) is 1. The largest absolute Gasteiger partial charge is 0.390 e. The summed E-state index contributed by atoms with van der Waals surface area (Å²) in [5.41, 5.74) is 6.47. The maximum Gasteiger partial charge on any atom is 0.220 e. The van der Waals surface area contributed by atoms with Crippen molar-refractivity contribution >= 4 is 22.9 Å². The molecule has 11 heteroatoms. The van der Waals surface area contributed by atoms with E-state index in [-0.39, 0.29) is 30.6 Å². The number of aromatic nitrogens is 4. The van der Waals surface area contributed by atoms with Gasteiger partial charge in [-0.1, -0.05) is 12.8 Å². The number of ether oxygens (including phenoxy) is 1. The van der Waals surface area contributed by atoms with Crippen molar-refractivity contribution < 1.29 is 24.9 Å². The molecule has 2 aromatic rings. The number of carbonyl (C=O) groups excluding carboxylic acids is 1. The van der Waals surface area contributed by atoms with Crippen molar-refractivity contribution in [2.45, 2.75) is 75.2 Å². The average Bonchev–Trinajstić information content (AvgIpc) is 3.42. The molecule has 1 unspecified atom stereocenters. The molecule has 11 nitrogen and oxygen atoms in total. The maximum absolute atomic E-state index is 12.1. The van der Waals surface area contributed by atoms with E-state index in [1.54, 1.807) is 0 Å². The molecule has 1 aliphatic heterocycles. The molecule has 0 radical (unpaired) electrons. The lowest BCUT2D eigenvalue weighted by Gasteiger charge is -2.21. The van der Waals surface area contributed by atoms with Crippen molar-refractivity contribution in [3.63, 3.8) is 0 Å². The summed E-state index contributed by atoms with van der Waals surface area (Å²) in [5.74, 6) is 0.0555. The minimum atomic E-state index is -1.33. The number of imidazole rings is 1. The molecular weight excluding hydrogens is 380 g/mol. The van der Waals surface area contributed by atoms with Gasteiger partial charge in [0.2, 0.25) is 5.91 Å². The van der Waals surface area contributed by atoms with Gasteiger partial charge < -0.3 is 31.1 Å². The molecule has 2 aromatic heterocycles. The SMILES string of the molecule is Nc1ncnc2c1ncn2[C@@H]1O[C@H](C(O)CCC(=O)NC2CCCC2)[C@@H](O)[C@H]1O. The fourth-order valence-electron chi connectivity index (χ4n) is 4.10. The van der Waals surface area contributed by atoms with Crippen LogP contribution in [0.4, 0.5) is 5.82 Å². The Hall–Kier alpha value is -2.34. The predicted octanol–water partition coefficient (Wildman–Crippen LogP) is -0.772. The van der Waals surface area contributed by atoms with E-state index in [1.165, 1.54) is 17.2 Å². The second-order valence-corrected chi connectivity index (χ2v) is 7.71. The maximum atomic E-state index is 12.1. The average molecular weight is 406 g/mol. The van der Waals surface area contributed by atoms with Gasteiger partial charge in [-0.3, -0.25) is 9.36 Å². The fourth-order valence-corrected chi connectivity index (χ4v) is 4.10. The first-order valence-electron chi connectivity index (χ1n) is 9.87. The minimum absolute atomic E-state index is 0.111. The molecule has 5 atom stereocenters. The molecule has 29 heavy (non-hydrogen) atoms. The quantitative estimate of drug-likeness (QED) is 0.413. The van der Waals surface area contributed by atoms with Gasteiger partial charge in [0.05, 0.1) is 12.4 Å². The molecule has 1 amide bonds. The van der Waals surface area contributed by atoms with Crippen LogP contribution in [0.1, 0.15) is 44.8 Å². The third-order valence-electron chi connectivity index (χ3n) is 5.70. The van der Waals surface area contributed by atoms with Gasteiger partial charge in [0.25, 0.3) is 0 Å². The van der Waals surface area contributed by atoms with Gasteiger partial charge in [-0.05, 0) is 19.3 Å². The van der Waals surface area contributed by atoms with Crippen LogP contribution >= 0.6 is 0 Å². The summed E-state index contributed by atoms with van der Waals surface area (Å²) in [6.07, 6.45) is 1.28. The van der Waals surface area contributed by atoms with Crippen LogP contribution in [0.3, 0.4) is 0 Å². The molecule has 1 saturated carbocycles. The minimum Gasteiger partial charge on any atom is -0.390 e. The number of nitrogen functional groups attached to an aromatic ring is 1. The van der Waals surface area contributed by atoms with Crippen molar-refractivity contribution in [2.75, 3.05) is 5.73 Å². The van der Waals surface area contributed by atoms with Crippen LogP contribution in [0.15, 0.2) is 12.7 Å². The first-order valence-corrected chi connectivity index (χ1v) is 9.87. The molecule has 1 saturated heterocycles. The van der Waals surface area contributed by atoms with Crippen LogP contribution in [-0.4, -0.2) is 71.2 Å². The Labute approximate surface area is 166 Å². The lowest BCUT2D eigenvalue weighted by molar-refractivity contribution is -0.124. The van der Waals surface area contributed by atoms with E-state index in [9.17, 15) is 20.1 Å². The second kappa shape index (κ2) is 8.19. The smallest absolute Gasteiger partial charge is 0.220 e. The van der Waals surface area contributed by atoms with Gasteiger partial charge in [-0.25, -0.2) is 15.0 Å². The number of fused-ring (bicyclic) bond motifs is 1. The number of amides is 1. The summed E-state index contributed by atoms with van der Waals surface area (Å²) in [6.45, 7) is 0. The molecule has 1 aliphatic carbocycles. The zero-order valence-corrected chi connectivity index (χ0v) is 15.9. The summed E-state index contributed by atoms with van der Waals surface area (Å²) < 4.78 is 7.19. The summed E-state index contributed by atoms with van der Waals surface area (Å²) in [6, 6.07) is 0.211. The molecule has 0 spiro atoms. The van der Waals surface area contributed by atoms with E-state index in [0.29, 0.717) is 11.2 Å². The van der Waals surface area contributed by atoms with Gasteiger partial charge in [-0.2, -0.15) is 0 Å². The van der Waals surface area contributed by atoms with Crippen molar-refractivity contribution in [1.29, 1.82) is 0 Å². The van der Waals surface area contributed by atoms with Crippen molar-refractivity contribution in [2.24, 2.45) is 0 Å². The number of aliphatic hydroxyl groups excluding tert-OH is 3. The van der Waals surface area contributed by atoms with Crippen molar-refractivity contribution in [3.8, 4) is 0 Å². The number of nitrogens with zero attached hydrogens (tertiary/aromatic N) is 4. The van der Waals surface area contributed by atoms with Gasteiger partial charge in [0.1, 0.15) is 30.2 Å². The second-order valence-electron chi connectivity index (χ2n) is 7.71. The van der Waals surface area contributed by atoms with Crippen LogP contribution in [0.5, 0.6) is 0 Å². The predicted molar refractivity (Wildman–Crippen MR) is 101 cm³/mol. The van der Waals surface area contributed by atoms with Crippen molar-refractivity contribution in [1.82, 2.24) is 24.8 Å². The first kappa shape index (κ1) is 20.0. The number of rotatable bonds is 6. The number of aliphatic hydroxyl groups is 3. The Morgan fingerprint density at radius 1 is 1.28 bits per heavy atom. The summed E-state index contributed by atoms with van der Waals surface area (Å²) in [5, 5.41) is 34.3. The molecule has 6 N–H and O–H groups in total. The van der Waals surface area contributed by atoms with Crippen LogP contribution in [-0.2, 0) is 9.53 Å². The van der Waals surface area contributed by atoms with E-state index >= 15 is 0 Å². The number of hydrogen-bond donors (Lipinski definition) is 5. The Bertz CT molecular complexity index is 870. The highest BCUT2D eigenvalue weighted by molar-refractivity contribution is 5.81. The molecule has 2 fully saturated rings. The van der Waals surface area contributed by atoms with Crippen LogP contribution in [0.2, 0.25) is 0 Å². The van der Waals surface area contributed by atoms with E-state index in [2.05, 4.69) is 20.3 Å². The zero-order chi connectivity index (χ0) is 20.5. The van der Waals surface area contributed by atoms with E-state index in [0.717, 1.165) is 25.7 Å². The number of anilines is 1. The van der Waals surface area contributed by atoms with Gasteiger partial charge >= 0.3 is 0 Å². The van der Waals surface area contributed by atoms with Crippen molar-refractivity contribution in [3.05, 3.63) is 12.7 Å². The number of nitrogens with two attached hydrogens (primary N) is 1. The first-order chi connectivity index (χ1) is 14.0.